The molecule has 1 aromatic heterocycles. The van der Waals surface area contributed by atoms with Crippen molar-refractivity contribution in [2.24, 2.45) is 17.6 Å². The van der Waals surface area contributed by atoms with Gasteiger partial charge in [0.15, 0.2) is 9.84 Å². The second kappa shape index (κ2) is 4.85. The number of rotatable bonds is 4. The molecule has 2 unspecified atom stereocenters. The third kappa shape index (κ3) is 2.84. The van der Waals surface area contributed by atoms with E-state index in [2.05, 4.69) is 6.07 Å². The fraction of sp³-hybridized carbons (Fsp3) is 0.636. The number of hydrogen-bond donors (Lipinski definition) is 1. The van der Waals surface area contributed by atoms with Gasteiger partial charge in [-0.25, -0.2) is 8.42 Å². The van der Waals surface area contributed by atoms with Crippen LogP contribution in [0.1, 0.15) is 11.3 Å². The van der Waals surface area contributed by atoms with Crippen LogP contribution < -0.4 is 5.73 Å². The van der Waals surface area contributed by atoms with Crippen LogP contribution in [0.2, 0.25) is 0 Å². The largest absolute Gasteiger partial charge is 0.330 e. The van der Waals surface area contributed by atoms with Crippen molar-refractivity contribution < 1.29 is 8.42 Å². The van der Waals surface area contributed by atoms with Gasteiger partial charge in [0.25, 0.3) is 0 Å². The molecule has 0 aliphatic carbocycles. The first-order valence-corrected chi connectivity index (χ1v) is 8.24. The molecule has 0 spiro atoms. The smallest absolute Gasteiger partial charge is 0.150 e. The number of hydrogen-bond acceptors (Lipinski definition) is 4. The molecule has 1 aliphatic rings. The van der Waals surface area contributed by atoms with E-state index in [1.54, 1.807) is 11.3 Å². The molecule has 1 aliphatic heterocycles. The Bertz CT molecular complexity index is 425. The monoisotopic (exact) mass is 259 g/mol. The van der Waals surface area contributed by atoms with Crippen molar-refractivity contribution in [3.8, 4) is 0 Å². The number of thiophene rings is 1. The molecule has 1 saturated heterocycles. The molecule has 90 valence electrons. The first-order valence-electron chi connectivity index (χ1n) is 5.53. The maximum atomic E-state index is 11.4. The fourth-order valence-electron chi connectivity index (χ4n) is 2.33. The molecular weight excluding hydrogens is 242 g/mol. The second-order valence-corrected chi connectivity index (χ2v) is 7.70. The van der Waals surface area contributed by atoms with E-state index in [0.717, 1.165) is 12.8 Å². The van der Waals surface area contributed by atoms with Crippen LogP contribution in [0.5, 0.6) is 0 Å². The van der Waals surface area contributed by atoms with Gasteiger partial charge in [0, 0.05) is 4.88 Å². The summed E-state index contributed by atoms with van der Waals surface area (Å²) in [6.45, 7) is 0.581. The summed E-state index contributed by atoms with van der Waals surface area (Å²) in [7, 11) is -2.78. The van der Waals surface area contributed by atoms with Gasteiger partial charge in [-0.15, -0.1) is 11.3 Å². The van der Waals surface area contributed by atoms with E-state index >= 15 is 0 Å². The van der Waals surface area contributed by atoms with Crippen LogP contribution in [-0.4, -0.2) is 26.5 Å². The topological polar surface area (TPSA) is 60.2 Å². The van der Waals surface area contributed by atoms with Gasteiger partial charge < -0.3 is 5.73 Å². The quantitative estimate of drug-likeness (QED) is 0.886. The highest BCUT2D eigenvalue weighted by Gasteiger charge is 2.33. The third-order valence-electron chi connectivity index (χ3n) is 3.28. The molecule has 0 amide bonds. The third-order valence-corrected chi connectivity index (χ3v) is 5.97. The minimum Gasteiger partial charge on any atom is -0.330 e. The average Bonchev–Trinajstić information content (AvgIpc) is 2.83. The van der Waals surface area contributed by atoms with Crippen LogP contribution in [0.25, 0.3) is 0 Å². The molecule has 2 atom stereocenters. The number of sulfone groups is 1. The summed E-state index contributed by atoms with van der Waals surface area (Å²) in [5.74, 6) is 1.26. The standard InChI is InChI=1S/C11H17NO2S2/c12-7-10(6-11-2-1-4-15-11)9-3-5-16(13,14)8-9/h1-2,4,9-10H,3,5-8,12H2. The van der Waals surface area contributed by atoms with Crippen molar-refractivity contribution in [1.29, 1.82) is 0 Å². The molecule has 1 aromatic rings. The second-order valence-electron chi connectivity index (χ2n) is 4.44. The van der Waals surface area contributed by atoms with Gasteiger partial charge in [-0.1, -0.05) is 6.07 Å². The molecule has 5 heteroatoms. The lowest BCUT2D eigenvalue weighted by Crippen LogP contribution is -2.26. The number of nitrogens with two attached hydrogens (primary N) is 1. The van der Waals surface area contributed by atoms with E-state index in [1.165, 1.54) is 4.88 Å². The van der Waals surface area contributed by atoms with Crippen molar-refractivity contribution in [2.45, 2.75) is 12.8 Å². The summed E-state index contributed by atoms with van der Waals surface area (Å²) < 4.78 is 22.9. The van der Waals surface area contributed by atoms with Crippen LogP contribution in [0.4, 0.5) is 0 Å². The summed E-state index contributed by atoms with van der Waals surface area (Å²) in [6.07, 6.45) is 1.71. The lowest BCUT2D eigenvalue weighted by atomic mass is 9.88. The van der Waals surface area contributed by atoms with E-state index in [0.29, 0.717) is 24.0 Å². The highest BCUT2D eigenvalue weighted by Crippen LogP contribution is 2.28. The molecule has 1 fully saturated rings. The predicted molar refractivity (Wildman–Crippen MR) is 67.3 cm³/mol. The summed E-state index contributed by atoms with van der Waals surface area (Å²) in [5, 5.41) is 2.05. The highest BCUT2D eigenvalue weighted by atomic mass is 32.2. The molecule has 2 N–H and O–H groups in total. The van der Waals surface area contributed by atoms with Gasteiger partial charge in [-0.3, -0.25) is 0 Å². The van der Waals surface area contributed by atoms with Gasteiger partial charge in [-0.05, 0) is 42.7 Å². The van der Waals surface area contributed by atoms with Crippen LogP contribution >= 0.6 is 11.3 Å². The van der Waals surface area contributed by atoms with E-state index in [4.69, 9.17) is 5.73 Å². The Labute approximate surface area is 101 Å². The predicted octanol–water partition coefficient (Wildman–Crippen LogP) is 1.30. The van der Waals surface area contributed by atoms with Gasteiger partial charge in [-0.2, -0.15) is 0 Å². The maximum Gasteiger partial charge on any atom is 0.150 e. The van der Waals surface area contributed by atoms with Crippen LogP contribution in [0, 0.1) is 11.8 Å². The molecule has 2 heterocycles. The van der Waals surface area contributed by atoms with Gasteiger partial charge in [0.2, 0.25) is 0 Å². The Morgan fingerprint density at radius 1 is 1.56 bits per heavy atom. The van der Waals surface area contributed by atoms with Crippen LogP contribution in [0.15, 0.2) is 17.5 Å². The Balaban J connectivity index is 2.01. The van der Waals surface area contributed by atoms with Crippen molar-refractivity contribution >= 4 is 21.2 Å². The molecule has 2 rings (SSSR count). The Kier molecular flexibility index (Phi) is 3.66. The fourth-order valence-corrected chi connectivity index (χ4v) is 5.04. The van der Waals surface area contributed by atoms with Crippen LogP contribution in [0.3, 0.4) is 0 Å². The Morgan fingerprint density at radius 2 is 2.38 bits per heavy atom. The van der Waals surface area contributed by atoms with E-state index in [1.807, 2.05) is 11.4 Å². The lowest BCUT2D eigenvalue weighted by Gasteiger charge is -2.19. The van der Waals surface area contributed by atoms with E-state index in [-0.39, 0.29) is 5.92 Å². The Morgan fingerprint density at radius 3 is 2.88 bits per heavy atom. The highest BCUT2D eigenvalue weighted by molar-refractivity contribution is 7.91. The maximum absolute atomic E-state index is 11.4. The zero-order valence-corrected chi connectivity index (χ0v) is 10.8. The van der Waals surface area contributed by atoms with Crippen molar-refractivity contribution in [1.82, 2.24) is 0 Å². The summed E-state index contributed by atoms with van der Waals surface area (Å²) in [6, 6.07) is 4.12. The summed E-state index contributed by atoms with van der Waals surface area (Å²) in [4.78, 5) is 1.31. The van der Waals surface area contributed by atoms with Gasteiger partial charge in [0.05, 0.1) is 11.5 Å². The molecule has 16 heavy (non-hydrogen) atoms. The first kappa shape index (κ1) is 12.1. The zero-order valence-electron chi connectivity index (χ0n) is 9.13. The Hall–Kier alpha value is -0.390. The summed E-state index contributed by atoms with van der Waals surface area (Å²) in [5.41, 5.74) is 5.77. The first-order chi connectivity index (χ1) is 7.61. The minimum atomic E-state index is -2.78. The molecular formula is C11H17NO2S2. The molecule has 3 nitrogen and oxygen atoms in total. The van der Waals surface area contributed by atoms with E-state index in [9.17, 15) is 8.42 Å². The van der Waals surface area contributed by atoms with Crippen molar-refractivity contribution in [2.75, 3.05) is 18.1 Å². The SMILES string of the molecule is NCC(Cc1cccs1)C1CCS(=O)(=O)C1. The van der Waals surface area contributed by atoms with E-state index < -0.39 is 9.84 Å². The molecule has 0 saturated carbocycles. The zero-order chi connectivity index (χ0) is 11.6. The van der Waals surface area contributed by atoms with Gasteiger partial charge >= 0.3 is 0 Å². The van der Waals surface area contributed by atoms with Gasteiger partial charge in [0.1, 0.15) is 0 Å². The van der Waals surface area contributed by atoms with Crippen molar-refractivity contribution in [3.63, 3.8) is 0 Å². The lowest BCUT2D eigenvalue weighted by molar-refractivity contribution is 0.372. The van der Waals surface area contributed by atoms with Crippen molar-refractivity contribution in [3.05, 3.63) is 22.4 Å². The minimum absolute atomic E-state index is 0.261. The molecule has 0 aromatic carbocycles. The summed E-state index contributed by atoms with van der Waals surface area (Å²) >= 11 is 1.72. The normalized spacial score (nSPS) is 25.7. The molecule has 0 bridgehead atoms. The van der Waals surface area contributed by atoms with Crippen LogP contribution in [-0.2, 0) is 16.3 Å². The molecule has 0 radical (unpaired) electrons. The average molecular weight is 259 g/mol.